The van der Waals surface area contributed by atoms with Gasteiger partial charge in [-0.3, -0.25) is 4.79 Å². The molecule has 0 radical (unpaired) electrons. The molecule has 0 spiro atoms. The van der Waals surface area contributed by atoms with Crippen LogP contribution < -0.4 is 4.74 Å². The molecule has 78 valence electrons. The number of nitrogens with one attached hydrogen (secondary N) is 1. The van der Waals surface area contributed by atoms with Gasteiger partial charge in [0.25, 0.3) is 0 Å². The van der Waals surface area contributed by atoms with E-state index in [9.17, 15) is 4.79 Å². The predicted molar refractivity (Wildman–Crippen MR) is 58.8 cm³/mol. The molecule has 0 unspecified atom stereocenters. The monoisotopic (exact) mass is 203 g/mol. The lowest BCUT2D eigenvalue weighted by molar-refractivity contribution is -0.134. The van der Waals surface area contributed by atoms with Crippen LogP contribution in [0.5, 0.6) is 5.75 Å². The zero-order valence-electron chi connectivity index (χ0n) is 8.62. The number of hydrogen-bond acceptors (Lipinski definition) is 2. The van der Waals surface area contributed by atoms with Crippen LogP contribution in [0.15, 0.2) is 30.5 Å². The molecule has 3 nitrogen and oxygen atoms in total. The lowest BCUT2D eigenvalue weighted by Crippen LogP contribution is -2.07. The van der Waals surface area contributed by atoms with E-state index in [-0.39, 0.29) is 5.97 Å². The number of ether oxygens (including phenoxy) is 1. The van der Waals surface area contributed by atoms with Gasteiger partial charge in [0, 0.05) is 18.0 Å². The van der Waals surface area contributed by atoms with E-state index in [1.165, 1.54) is 0 Å². The molecular weight excluding hydrogens is 190 g/mol. The smallest absolute Gasteiger partial charge is 0.311 e. The van der Waals surface area contributed by atoms with Crippen molar-refractivity contribution in [2.75, 3.05) is 0 Å². The number of benzene rings is 1. The Balaban J connectivity index is 2.27. The van der Waals surface area contributed by atoms with Gasteiger partial charge < -0.3 is 9.72 Å². The summed E-state index contributed by atoms with van der Waals surface area (Å²) in [6.07, 6.45) is 3.10. The molecule has 0 aliphatic carbocycles. The van der Waals surface area contributed by atoms with Gasteiger partial charge >= 0.3 is 5.97 Å². The van der Waals surface area contributed by atoms with Gasteiger partial charge in [0.2, 0.25) is 0 Å². The minimum Gasteiger partial charge on any atom is -0.424 e. The summed E-state index contributed by atoms with van der Waals surface area (Å²) in [6, 6.07) is 7.60. The first-order valence-electron chi connectivity index (χ1n) is 5.08. The van der Waals surface area contributed by atoms with Crippen LogP contribution in [0.25, 0.3) is 10.9 Å². The minimum atomic E-state index is -0.181. The lowest BCUT2D eigenvalue weighted by atomic mass is 10.2. The Morgan fingerprint density at radius 1 is 1.40 bits per heavy atom. The molecule has 1 aromatic heterocycles. The van der Waals surface area contributed by atoms with Crippen molar-refractivity contribution < 1.29 is 9.53 Å². The fourth-order valence-corrected chi connectivity index (χ4v) is 1.52. The molecule has 0 amide bonds. The van der Waals surface area contributed by atoms with Crippen molar-refractivity contribution in [1.82, 2.24) is 4.98 Å². The van der Waals surface area contributed by atoms with Crippen molar-refractivity contribution in [2.24, 2.45) is 0 Å². The third-order valence-corrected chi connectivity index (χ3v) is 2.23. The van der Waals surface area contributed by atoms with Crippen molar-refractivity contribution in [3.8, 4) is 5.75 Å². The molecular formula is C12H13NO2. The number of para-hydroxylation sites is 1. The van der Waals surface area contributed by atoms with E-state index in [2.05, 4.69) is 4.98 Å². The zero-order chi connectivity index (χ0) is 10.7. The molecule has 15 heavy (non-hydrogen) atoms. The van der Waals surface area contributed by atoms with Crippen molar-refractivity contribution >= 4 is 16.9 Å². The van der Waals surface area contributed by atoms with Crippen LogP contribution in [-0.4, -0.2) is 11.0 Å². The maximum atomic E-state index is 11.3. The number of fused-ring (bicyclic) bond motifs is 1. The number of carbonyl (C=O) groups excluding carboxylic acids is 1. The van der Waals surface area contributed by atoms with Crippen LogP contribution in [0.3, 0.4) is 0 Å². The highest BCUT2D eigenvalue weighted by Crippen LogP contribution is 2.24. The summed E-state index contributed by atoms with van der Waals surface area (Å²) in [5, 5.41) is 1.05. The van der Waals surface area contributed by atoms with Crippen LogP contribution in [0.1, 0.15) is 19.8 Å². The standard InChI is InChI=1S/C12H13NO2/c1-2-4-11(14)15-10-6-3-5-9-7-8-13-12(9)10/h3,5-8,13H,2,4H2,1H3. The van der Waals surface area contributed by atoms with Crippen molar-refractivity contribution in [3.63, 3.8) is 0 Å². The van der Waals surface area contributed by atoms with Crippen LogP contribution in [-0.2, 0) is 4.79 Å². The van der Waals surface area contributed by atoms with E-state index in [1.807, 2.05) is 31.3 Å². The number of carbonyl (C=O) groups is 1. The summed E-state index contributed by atoms with van der Waals surface area (Å²) < 4.78 is 5.26. The van der Waals surface area contributed by atoms with E-state index in [0.717, 1.165) is 17.3 Å². The first kappa shape index (κ1) is 9.77. The Morgan fingerprint density at radius 2 is 2.27 bits per heavy atom. The normalized spacial score (nSPS) is 10.5. The third kappa shape index (κ3) is 2.01. The molecule has 0 bridgehead atoms. The van der Waals surface area contributed by atoms with Crippen molar-refractivity contribution in [2.45, 2.75) is 19.8 Å². The second-order valence-electron chi connectivity index (χ2n) is 3.42. The summed E-state index contributed by atoms with van der Waals surface area (Å²) in [5.41, 5.74) is 0.877. The number of aromatic amines is 1. The first-order chi connectivity index (χ1) is 7.31. The summed E-state index contributed by atoms with van der Waals surface area (Å²) in [5.74, 6) is 0.426. The van der Waals surface area contributed by atoms with Gasteiger partial charge in [-0.25, -0.2) is 0 Å². The number of H-pyrrole nitrogens is 1. The summed E-state index contributed by atoms with van der Waals surface area (Å²) in [6.45, 7) is 1.95. The van der Waals surface area contributed by atoms with Gasteiger partial charge in [-0.05, 0) is 18.6 Å². The lowest BCUT2D eigenvalue weighted by Gasteiger charge is -2.04. The van der Waals surface area contributed by atoms with Crippen LogP contribution >= 0.6 is 0 Å². The van der Waals surface area contributed by atoms with Gasteiger partial charge in [-0.15, -0.1) is 0 Å². The zero-order valence-corrected chi connectivity index (χ0v) is 8.62. The highest BCUT2D eigenvalue weighted by atomic mass is 16.5. The quantitative estimate of drug-likeness (QED) is 0.615. The van der Waals surface area contributed by atoms with Crippen molar-refractivity contribution in [3.05, 3.63) is 30.5 Å². The molecule has 2 aromatic rings. The molecule has 0 aliphatic rings. The Morgan fingerprint density at radius 3 is 3.07 bits per heavy atom. The maximum absolute atomic E-state index is 11.3. The molecule has 0 atom stereocenters. The fourth-order valence-electron chi connectivity index (χ4n) is 1.52. The predicted octanol–water partition coefficient (Wildman–Crippen LogP) is 2.87. The van der Waals surface area contributed by atoms with Gasteiger partial charge in [0.1, 0.15) is 0 Å². The third-order valence-electron chi connectivity index (χ3n) is 2.23. The van der Waals surface area contributed by atoms with E-state index >= 15 is 0 Å². The van der Waals surface area contributed by atoms with Gasteiger partial charge in [-0.2, -0.15) is 0 Å². The van der Waals surface area contributed by atoms with Crippen molar-refractivity contribution in [1.29, 1.82) is 0 Å². The second kappa shape index (κ2) is 4.17. The SMILES string of the molecule is CCCC(=O)Oc1cccc2cc[nH]c12. The fraction of sp³-hybridized carbons (Fsp3) is 0.250. The number of aromatic nitrogens is 1. The Kier molecular flexibility index (Phi) is 2.72. The average Bonchev–Trinajstić information content (AvgIpc) is 2.67. The molecule has 0 fully saturated rings. The Bertz CT molecular complexity index is 473. The number of esters is 1. The van der Waals surface area contributed by atoms with E-state index in [4.69, 9.17) is 4.74 Å². The molecule has 0 saturated carbocycles. The van der Waals surface area contributed by atoms with Crippen LogP contribution in [0.2, 0.25) is 0 Å². The molecule has 0 saturated heterocycles. The summed E-state index contributed by atoms with van der Waals surface area (Å²) in [4.78, 5) is 14.4. The maximum Gasteiger partial charge on any atom is 0.311 e. The minimum absolute atomic E-state index is 0.181. The molecule has 0 aliphatic heterocycles. The number of rotatable bonds is 3. The van der Waals surface area contributed by atoms with E-state index in [0.29, 0.717) is 12.2 Å². The second-order valence-corrected chi connectivity index (χ2v) is 3.42. The Labute approximate surface area is 88.1 Å². The Hall–Kier alpha value is -1.77. The molecule has 1 N–H and O–H groups in total. The van der Waals surface area contributed by atoms with Crippen LogP contribution in [0.4, 0.5) is 0 Å². The number of hydrogen-bond donors (Lipinski definition) is 1. The summed E-state index contributed by atoms with van der Waals surface area (Å²) in [7, 11) is 0. The largest absolute Gasteiger partial charge is 0.424 e. The molecule has 1 aromatic carbocycles. The van der Waals surface area contributed by atoms with Gasteiger partial charge in [0.05, 0.1) is 5.52 Å². The molecule has 1 heterocycles. The topological polar surface area (TPSA) is 42.1 Å². The molecule has 2 rings (SSSR count). The van der Waals surface area contributed by atoms with Crippen LogP contribution in [0, 0.1) is 0 Å². The van der Waals surface area contributed by atoms with E-state index < -0.39 is 0 Å². The van der Waals surface area contributed by atoms with Gasteiger partial charge in [0.15, 0.2) is 5.75 Å². The summed E-state index contributed by atoms with van der Waals surface area (Å²) >= 11 is 0. The van der Waals surface area contributed by atoms with Gasteiger partial charge in [-0.1, -0.05) is 19.1 Å². The average molecular weight is 203 g/mol. The highest BCUT2D eigenvalue weighted by molar-refractivity contribution is 5.87. The first-order valence-corrected chi connectivity index (χ1v) is 5.08. The highest BCUT2D eigenvalue weighted by Gasteiger charge is 2.07. The van der Waals surface area contributed by atoms with E-state index in [1.54, 1.807) is 6.07 Å². The molecule has 3 heteroatoms.